The highest BCUT2D eigenvalue weighted by molar-refractivity contribution is 5.92. The van der Waals surface area contributed by atoms with Crippen molar-refractivity contribution in [1.82, 2.24) is 9.97 Å². The lowest BCUT2D eigenvalue weighted by Gasteiger charge is -2.12. The molecular formula is C21H18FN3O4. The number of aromatic nitrogens is 2. The Hall–Kier alpha value is -3.81. The van der Waals surface area contributed by atoms with E-state index in [1.54, 1.807) is 24.3 Å². The molecule has 0 unspecified atom stereocenters. The molecule has 1 aromatic heterocycles. The maximum absolute atomic E-state index is 13.0. The largest absolute Gasteiger partial charge is 0.464 e. The third kappa shape index (κ3) is 5.13. The van der Waals surface area contributed by atoms with Crippen LogP contribution < -0.4 is 15.2 Å². The number of carbonyl (C=O) groups is 2. The minimum Gasteiger partial charge on any atom is -0.464 e. The molecule has 148 valence electrons. The Balaban J connectivity index is 1.86. The summed E-state index contributed by atoms with van der Waals surface area (Å²) < 4.78 is 24.0. The van der Waals surface area contributed by atoms with E-state index < -0.39 is 12.0 Å². The summed E-state index contributed by atoms with van der Waals surface area (Å²) in [5, 5.41) is 0. The van der Waals surface area contributed by atoms with Crippen molar-refractivity contribution < 1.29 is 23.5 Å². The van der Waals surface area contributed by atoms with Crippen LogP contribution in [0.25, 0.3) is 11.4 Å². The van der Waals surface area contributed by atoms with Gasteiger partial charge in [-0.1, -0.05) is 0 Å². The van der Waals surface area contributed by atoms with Crippen LogP contribution >= 0.6 is 0 Å². The molecule has 0 aliphatic heterocycles. The van der Waals surface area contributed by atoms with Crippen molar-refractivity contribution >= 4 is 11.7 Å². The van der Waals surface area contributed by atoms with E-state index in [4.69, 9.17) is 15.2 Å². The summed E-state index contributed by atoms with van der Waals surface area (Å²) in [5.74, 6) is 0.0556. The average Bonchev–Trinajstić information content (AvgIpc) is 2.70. The number of nitrogens with zero attached hydrogens (tertiary/aromatic N) is 2. The first-order chi connectivity index (χ1) is 13.8. The van der Waals surface area contributed by atoms with Gasteiger partial charge in [0, 0.05) is 18.6 Å². The van der Waals surface area contributed by atoms with Gasteiger partial charge in [-0.25, -0.2) is 9.37 Å². The molecule has 2 N–H and O–H groups in total. The molecule has 0 aliphatic rings. The van der Waals surface area contributed by atoms with Crippen LogP contribution in [0.15, 0.2) is 54.6 Å². The van der Waals surface area contributed by atoms with Crippen LogP contribution in [0, 0.1) is 5.82 Å². The molecule has 0 radical (unpaired) electrons. The first-order valence-electron chi connectivity index (χ1n) is 8.71. The van der Waals surface area contributed by atoms with Crippen LogP contribution in [0.5, 0.6) is 17.4 Å². The molecule has 0 aliphatic carbocycles. The number of hydrogen-bond acceptors (Lipinski definition) is 6. The van der Waals surface area contributed by atoms with Crippen LogP contribution in [0.4, 0.5) is 4.39 Å². The van der Waals surface area contributed by atoms with Crippen LogP contribution in [0.3, 0.4) is 0 Å². The van der Waals surface area contributed by atoms with E-state index in [0.29, 0.717) is 17.1 Å². The topological polar surface area (TPSA) is 104 Å². The molecule has 8 heteroatoms. The predicted molar refractivity (Wildman–Crippen MR) is 103 cm³/mol. The van der Waals surface area contributed by atoms with Crippen molar-refractivity contribution in [2.45, 2.75) is 20.0 Å². The van der Waals surface area contributed by atoms with E-state index in [-0.39, 0.29) is 29.0 Å². The predicted octanol–water partition coefficient (Wildman–Crippen LogP) is 3.53. The fraction of sp³-hybridized carbons (Fsp3) is 0.143. The van der Waals surface area contributed by atoms with Crippen molar-refractivity contribution in [3.05, 3.63) is 66.1 Å². The molecule has 2 aromatic carbocycles. The van der Waals surface area contributed by atoms with E-state index in [0.717, 1.165) is 0 Å². The van der Waals surface area contributed by atoms with Crippen molar-refractivity contribution in [1.29, 1.82) is 0 Å². The first kappa shape index (κ1) is 19.9. The highest BCUT2D eigenvalue weighted by atomic mass is 19.1. The van der Waals surface area contributed by atoms with Gasteiger partial charge in [0.05, 0.1) is 0 Å². The number of rotatable bonds is 7. The van der Waals surface area contributed by atoms with Crippen molar-refractivity contribution in [3.8, 4) is 28.8 Å². The number of nitrogens with two attached hydrogens (primary N) is 1. The number of ether oxygens (including phenoxy) is 2. The van der Waals surface area contributed by atoms with Crippen LogP contribution in [0.1, 0.15) is 24.3 Å². The molecule has 7 nitrogen and oxygen atoms in total. The minimum absolute atomic E-state index is 0.0677. The summed E-state index contributed by atoms with van der Waals surface area (Å²) in [7, 11) is 0. The summed E-state index contributed by atoms with van der Waals surface area (Å²) in [4.78, 5) is 31.5. The molecule has 3 rings (SSSR count). The maximum atomic E-state index is 13.0. The zero-order chi connectivity index (χ0) is 21.0. The highest BCUT2D eigenvalue weighted by Crippen LogP contribution is 2.26. The Morgan fingerprint density at radius 1 is 1.00 bits per heavy atom. The SMILES string of the molecule is CC(=O)c1cc(O[C@@H](C)C(N)=O)nc(-c2ccc(Oc3ccc(F)cc3)cc2)n1. The number of primary amides is 1. The molecule has 0 bridgehead atoms. The van der Waals surface area contributed by atoms with Gasteiger partial charge in [0.1, 0.15) is 23.0 Å². The highest BCUT2D eigenvalue weighted by Gasteiger charge is 2.15. The zero-order valence-electron chi connectivity index (χ0n) is 15.8. The van der Waals surface area contributed by atoms with Crippen molar-refractivity contribution in [2.24, 2.45) is 5.73 Å². The lowest BCUT2D eigenvalue weighted by molar-refractivity contribution is -0.124. The Morgan fingerprint density at radius 3 is 2.14 bits per heavy atom. The van der Waals surface area contributed by atoms with E-state index in [2.05, 4.69) is 9.97 Å². The number of amides is 1. The molecule has 0 spiro atoms. The quantitative estimate of drug-likeness (QED) is 0.614. The van der Waals surface area contributed by atoms with E-state index in [9.17, 15) is 14.0 Å². The summed E-state index contributed by atoms with van der Waals surface area (Å²) in [5.41, 5.74) is 5.96. The van der Waals surface area contributed by atoms with Gasteiger partial charge in [-0.2, -0.15) is 4.98 Å². The molecule has 0 saturated carbocycles. The summed E-state index contributed by atoms with van der Waals surface area (Å²) >= 11 is 0. The lowest BCUT2D eigenvalue weighted by atomic mass is 10.2. The zero-order valence-corrected chi connectivity index (χ0v) is 15.8. The van der Waals surface area contributed by atoms with Gasteiger partial charge in [0.15, 0.2) is 17.7 Å². The third-order valence-corrected chi connectivity index (χ3v) is 3.92. The standard InChI is InChI=1S/C21H18FN3O4/c1-12(26)18-11-19(28-13(2)20(23)27)25-21(24-18)14-3-7-16(8-4-14)29-17-9-5-15(22)6-10-17/h3-11,13H,1-2H3,(H2,23,27)/t13-/m0/s1. The first-order valence-corrected chi connectivity index (χ1v) is 8.71. The average molecular weight is 395 g/mol. The molecule has 3 aromatic rings. The fourth-order valence-electron chi connectivity index (χ4n) is 2.34. The van der Waals surface area contributed by atoms with Gasteiger partial charge < -0.3 is 15.2 Å². The Morgan fingerprint density at radius 2 is 1.59 bits per heavy atom. The van der Waals surface area contributed by atoms with Crippen LogP contribution in [-0.4, -0.2) is 27.8 Å². The van der Waals surface area contributed by atoms with Gasteiger partial charge in [-0.3, -0.25) is 9.59 Å². The van der Waals surface area contributed by atoms with E-state index in [1.165, 1.54) is 44.2 Å². The van der Waals surface area contributed by atoms with E-state index in [1.807, 2.05) is 0 Å². The molecule has 1 atom stereocenters. The van der Waals surface area contributed by atoms with Crippen LogP contribution in [0.2, 0.25) is 0 Å². The maximum Gasteiger partial charge on any atom is 0.258 e. The van der Waals surface area contributed by atoms with Crippen molar-refractivity contribution in [2.75, 3.05) is 0 Å². The second-order valence-electron chi connectivity index (χ2n) is 6.21. The van der Waals surface area contributed by atoms with Gasteiger partial charge in [-0.15, -0.1) is 0 Å². The Labute approximate surface area is 166 Å². The number of Topliss-reactive ketones (excluding diaryl/α,β-unsaturated/α-hetero) is 1. The van der Waals surface area contributed by atoms with Gasteiger partial charge in [0.25, 0.3) is 5.91 Å². The molecule has 29 heavy (non-hydrogen) atoms. The molecule has 1 heterocycles. The Bertz CT molecular complexity index is 1040. The van der Waals surface area contributed by atoms with E-state index >= 15 is 0 Å². The molecule has 1 amide bonds. The summed E-state index contributed by atoms with van der Waals surface area (Å²) in [6.45, 7) is 2.85. The molecule has 0 fully saturated rings. The summed E-state index contributed by atoms with van der Waals surface area (Å²) in [6, 6.07) is 13.8. The normalized spacial score (nSPS) is 11.6. The number of halogens is 1. The second-order valence-corrected chi connectivity index (χ2v) is 6.21. The monoisotopic (exact) mass is 395 g/mol. The minimum atomic E-state index is -0.913. The lowest BCUT2D eigenvalue weighted by Crippen LogP contribution is -2.31. The number of ketones is 1. The van der Waals surface area contributed by atoms with Gasteiger partial charge in [-0.05, 0) is 55.5 Å². The Kier molecular flexibility index (Phi) is 5.82. The van der Waals surface area contributed by atoms with Crippen LogP contribution in [-0.2, 0) is 4.79 Å². The summed E-state index contributed by atoms with van der Waals surface area (Å²) in [6.07, 6.45) is -0.913. The van der Waals surface area contributed by atoms with Gasteiger partial charge >= 0.3 is 0 Å². The fourth-order valence-corrected chi connectivity index (χ4v) is 2.34. The van der Waals surface area contributed by atoms with Crippen molar-refractivity contribution in [3.63, 3.8) is 0 Å². The molecule has 0 saturated heterocycles. The smallest absolute Gasteiger partial charge is 0.258 e. The second kappa shape index (κ2) is 8.47. The number of carbonyl (C=O) groups excluding carboxylic acids is 2. The number of benzene rings is 2. The molecular weight excluding hydrogens is 377 g/mol. The number of hydrogen-bond donors (Lipinski definition) is 1. The van der Waals surface area contributed by atoms with Gasteiger partial charge in [0.2, 0.25) is 5.88 Å². The third-order valence-electron chi connectivity index (χ3n) is 3.92.